The van der Waals surface area contributed by atoms with Gasteiger partial charge >= 0.3 is 11.9 Å². The second-order valence-electron chi connectivity index (χ2n) is 5.01. The van der Waals surface area contributed by atoms with Crippen molar-refractivity contribution in [1.82, 2.24) is 5.32 Å². The van der Waals surface area contributed by atoms with Crippen molar-refractivity contribution < 1.29 is 32.6 Å². The minimum atomic E-state index is -3.34. The highest BCUT2D eigenvalue weighted by molar-refractivity contribution is 7.91. The molecule has 0 aliphatic rings. The van der Waals surface area contributed by atoms with Gasteiger partial charge < -0.3 is 15.2 Å². The molecule has 1 amide bonds. The van der Waals surface area contributed by atoms with E-state index in [4.69, 9.17) is 9.84 Å². The lowest BCUT2D eigenvalue weighted by atomic mass is 10.1. The summed E-state index contributed by atoms with van der Waals surface area (Å²) in [5, 5.41) is 11.4. The summed E-state index contributed by atoms with van der Waals surface area (Å²) in [5.74, 6) is -2.88. The number of hydrogen-bond donors (Lipinski definition) is 2. The van der Waals surface area contributed by atoms with E-state index in [9.17, 15) is 22.8 Å². The summed E-state index contributed by atoms with van der Waals surface area (Å²) < 4.78 is 27.8. The van der Waals surface area contributed by atoms with Crippen molar-refractivity contribution in [3.05, 3.63) is 29.8 Å². The van der Waals surface area contributed by atoms with Crippen molar-refractivity contribution in [1.29, 1.82) is 0 Å². The van der Waals surface area contributed by atoms with Crippen LogP contribution in [-0.2, 0) is 19.4 Å². The summed E-state index contributed by atoms with van der Waals surface area (Å²) >= 11 is 0. The third-order valence-electron chi connectivity index (χ3n) is 3.12. The minimum absolute atomic E-state index is 0.0957. The summed E-state index contributed by atoms with van der Waals surface area (Å²) in [7, 11) is -3.34. The first-order valence-corrected chi connectivity index (χ1v) is 8.99. The molecule has 0 heterocycles. The number of rotatable bonds is 8. The minimum Gasteiger partial charge on any atom is -0.480 e. The predicted octanol–water partition coefficient (Wildman–Crippen LogP) is 0.620. The monoisotopic (exact) mass is 357 g/mol. The van der Waals surface area contributed by atoms with E-state index in [-0.39, 0.29) is 29.2 Å². The van der Waals surface area contributed by atoms with E-state index in [0.717, 1.165) is 0 Å². The summed E-state index contributed by atoms with van der Waals surface area (Å²) in [5.41, 5.74) is 0.0957. The number of amides is 1. The smallest absolute Gasteiger partial charge is 0.326 e. The molecule has 2 N–H and O–H groups in total. The lowest BCUT2D eigenvalue weighted by Gasteiger charge is -2.14. The van der Waals surface area contributed by atoms with Gasteiger partial charge in [-0.25, -0.2) is 13.2 Å². The van der Waals surface area contributed by atoms with Crippen LogP contribution in [0.15, 0.2) is 24.3 Å². The second-order valence-corrected chi connectivity index (χ2v) is 7.48. The average Bonchev–Trinajstić information content (AvgIpc) is 2.50. The molecule has 1 aromatic carbocycles. The van der Waals surface area contributed by atoms with Crippen LogP contribution in [0.25, 0.3) is 0 Å². The summed E-state index contributed by atoms with van der Waals surface area (Å²) in [6.45, 7) is 2.67. The molecule has 1 atom stereocenters. The van der Waals surface area contributed by atoms with Gasteiger partial charge in [-0.1, -0.05) is 13.0 Å². The molecular weight excluding hydrogens is 338 g/mol. The SMILES string of the molecule is CCS(=O)(=O)CCC(NC(=O)c1cccc(OC(C)=O)c1)C(=O)O. The predicted molar refractivity (Wildman–Crippen MR) is 85.6 cm³/mol. The molecule has 1 aromatic rings. The van der Waals surface area contributed by atoms with E-state index in [1.807, 2.05) is 0 Å². The first-order chi connectivity index (χ1) is 11.1. The Labute approximate surface area is 139 Å². The van der Waals surface area contributed by atoms with Crippen LogP contribution in [0.1, 0.15) is 30.6 Å². The van der Waals surface area contributed by atoms with E-state index < -0.39 is 33.7 Å². The molecule has 8 nitrogen and oxygen atoms in total. The average molecular weight is 357 g/mol. The fourth-order valence-corrected chi connectivity index (χ4v) is 2.69. The van der Waals surface area contributed by atoms with Gasteiger partial charge in [-0.05, 0) is 24.6 Å². The summed E-state index contributed by atoms with van der Waals surface area (Å²) in [6, 6.07) is 4.32. The van der Waals surface area contributed by atoms with Gasteiger partial charge in [0.15, 0.2) is 0 Å². The molecule has 0 saturated heterocycles. The Balaban J connectivity index is 2.82. The lowest BCUT2D eigenvalue weighted by Crippen LogP contribution is -2.42. The third-order valence-corrected chi connectivity index (χ3v) is 4.86. The van der Waals surface area contributed by atoms with Crippen molar-refractivity contribution in [2.75, 3.05) is 11.5 Å². The standard InChI is InChI=1S/C15H19NO7S/c1-3-24(21,22)8-7-13(15(19)20)16-14(18)11-5-4-6-12(9-11)23-10(2)17/h4-6,9,13H,3,7-8H2,1-2H3,(H,16,18)(H,19,20). The van der Waals surface area contributed by atoms with E-state index in [2.05, 4.69) is 5.32 Å². The van der Waals surface area contributed by atoms with Crippen LogP contribution < -0.4 is 10.1 Å². The van der Waals surface area contributed by atoms with Gasteiger partial charge in [-0.15, -0.1) is 0 Å². The second kappa shape index (κ2) is 8.44. The highest BCUT2D eigenvalue weighted by atomic mass is 32.2. The summed E-state index contributed by atoms with van der Waals surface area (Å²) in [6.07, 6.45) is -0.235. The van der Waals surface area contributed by atoms with Gasteiger partial charge in [0.1, 0.15) is 21.6 Å². The fraction of sp³-hybridized carbons (Fsp3) is 0.400. The van der Waals surface area contributed by atoms with Gasteiger partial charge in [-0.2, -0.15) is 0 Å². The Morgan fingerprint density at radius 1 is 1.29 bits per heavy atom. The first kappa shape index (κ1) is 19.6. The molecule has 9 heteroatoms. The van der Waals surface area contributed by atoms with E-state index in [1.54, 1.807) is 0 Å². The highest BCUT2D eigenvalue weighted by Gasteiger charge is 2.23. The zero-order valence-electron chi connectivity index (χ0n) is 13.3. The topological polar surface area (TPSA) is 127 Å². The molecule has 132 valence electrons. The number of carboxylic acid groups (broad SMARTS) is 1. The normalized spacial score (nSPS) is 12.2. The number of benzene rings is 1. The maximum absolute atomic E-state index is 12.1. The van der Waals surface area contributed by atoms with Crippen LogP contribution in [0.5, 0.6) is 5.75 Å². The van der Waals surface area contributed by atoms with Gasteiger partial charge in [0.2, 0.25) is 0 Å². The Kier molecular flexibility index (Phi) is 6.90. The van der Waals surface area contributed by atoms with E-state index in [1.165, 1.54) is 38.1 Å². The Hall–Kier alpha value is -2.42. The molecule has 24 heavy (non-hydrogen) atoms. The van der Waals surface area contributed by atoms with Crippen LogP contribution in [0.3, 0.4) is 0 Å². The van der Waals surface area contributed by atoms with E-state index in [0.29, 0.717) is 0 Å². The molecule has 0 aliphatic heterocycles. The number of esters is 1. The molecule has 0 spiro atoms. The molecule has 0 radical (unpaired) electrons. The molecular formula is C15H19NO7S. The van der Waals surface area contributed by atoms with Crippen LogP contribution in [-0.4, -0.2) is 48.9 Å². The number of carboxylic acids is 1. The molecule has 0 fully saturated rings. The van der Waals surface area contributed by atoms with Gasteiger partial charge in [0.25, 0.3) is 5.91 Å². The van der Waals surface area contributed by atoms with Crippen molar-refractivity contribution in [3.8, 4) is 5.75 Å². The molecule has 1 rings (SSSR count). The fourth-order valence-electron chi connectivity index (χ4n) is 1.81. The largest absolute Gasteiger partial charge is 0.480 e. The number of carbonyl (C=O) groups excluding carboxylic acids is 2. The number of hydrogen-bond acceptors (Lipinski definition) is 6. The van der Waals surface area contributed by atoms with Crippen molar-refractivity contribution in [3.63, 3.8) is 0 Å². The third kappa shape index (κ3) is 6.37. The van der Waals surface area contributed by atoms with Crippen molar-refractivity contribution in [2.24, 2.45) is 0 Å². The van der Waals surface area contributed by atoms with Crippen LogP contribution in [0.2, 0.25) is 0 Å². The maximum atomic E-state index is 12.1. The quantitative estimate of drug-likeness (QED) is 0.516. The van der Waals surface area contributed by atoms with Gasteiger partial charge in [0, 0.05) is 18.2 Å². The van der Waals surface area contributed by atoms with E-state index >= 15 is 0 Å². The van der Waals surface area contributed by atoms with Crippen LogP contribution >= 0.6 is 0 Å². The number of nitrogens with one attached hydrogen (secondary N) is 1. The Morgan fingerprint density at radius 2 is 1.96 bits per heavy atom. The van der Waals surface area contributed by atoms with Crippen LogP contribution in [0, 0.1) is 0 Å². The molecule has 0 saturated carbocycles. The molecule has 1 unspecified atom stereocenters. The van der Waals surface area contributed by atoms with Crippen molar-refractivity contribution >= 4 is 27.7 Å². The van der Waals surface area contributed by atoms with Gasteiger partial charge in [0.05, 0.1) is 5.75 Å². The Bertz CT molecular complexity index is 727. The number of aliphatic carboxylic acids is 1. The first-order valence-electron chi connectivity index (χ1n) is 7.17. The molecule has 0 aromatic heterocycles. The van der Waals surface area contributed by atoms with Crippen molar-refractivity contribution in [2.45, 2.75) is 26.3 Å². The zero-order valence-corrected chi connectivity index (χ0v) is 14.1. The summed E-state index contributed by atoms with van der Waals surface area (Å²) in [4.78, 5) is 34.2. The zero-order chi connectivity index (χ0) is 18.3. The molecule has 0 aliphatic carbocycles. The number of sulfone groups is 1. The number of ether oxygens (including phenoxy) is 1. The number of carbonyl (C=O) groups is 3. The Morgan fingerprint density at radius 3 is 2.50 bits per heavy atom. The van der Waals surface area contributed by atoms with Gasteiger partial charge in [-0.3, -0.25) is 9.59 Å². The lowest BCUT2D eigenvalue weighted by molar-refractivity contribution is -0.139. The molecule has 0 bridgehead atoms. The van der Waals surface area contributed by atoms with Crippen LogP contribution in [0.4, 0.5) is 0 Å². The highest BCUT2D eigenvalue weighted by Crippen LogP contribution is 2.14. The maximum Gasteiger partial charge on any atom is 0.326 e.